The molecule has 7 nitrogen and oxygen atoms in total. The smallest absolute Gasteiger partial charge is 0.224 e. The average Bonchev–Trinajstić information content (AvgIpc) is 2.69. The molecule has 158 valence electrons. The van der Waals surface area contributed by atoms with E-state index in [1.165, 1.54) is 13.4 Å². The van der Waals surface area contributed by atoms with E-state index in [-0.39, 0.29) is 10.8 Å². The summed E-state index contributed by atoms with van der Waals surface area (Å²) in [5.41, 5.74) is 1.47. The molecule has 2 aromatic rings. The summed E-state index contributed by atoms with van der Waals surface area (Å²) in [5, 5.41) is 2.79. The van der Waals surface area contributed by atoms with Crippen molar-refractivity contribution in [2.24, 2.45) is 0 Å². The van der Waals surface area contributed by atoms with E-state index in [1.807, 2.05) is 6.92 Å². The van der Waals surface area contributed by atoms with Crippen LogP contribution in [0.4, 0.5) is 5.69 Å². The van der Waals surface area contributed by atoms with E-state index in [0.717, 1.165) is 5.56 Å². The van der Waals surface area contributed by atoms with E-state index in [2.05, 4.69) is 5.32 Å². The van der Waals surface area contributed by atoms with Crippen LogP contribution in [0.2, 0.25) is 0 Å². The van der Waals surface area contributed by atoms with Crippen LogP contribution in [0.1, 0.15) is 25.8 Å². The zero-order valence-corrected chi connectivity index (χ0v) is 18.0. The third-order valence-electron chi connectivity index (χ3n) is 4.16. The summed E-state index contributed by atoms with van der Waals surface area (Å²) in [4.78, 5) is 12.0. The number of carbonyl (C=O) groups excluding carboxylic acids is 1. The second-order valence-electron chi connectivity index (χ2n) is 6.32. The average molecular weight is 422 g/mol. The molecule has 0 fully saturated rings. The number of anilines is 1. The first kappa shape index (κ1) is 22.5. The van der Waals surface area contributed by atoms with Crippen LogP contribution in [-0.4, -0.2) is 40.9 Å². The number of ether oxygens (including phenoxy) is 3. The van der Waals surface area contributed by atoms with Gasteiger partial charge in [0.25, 0.3) is 0 Å². The van der Waals surface area contributed by atoms with Crippen molar-refractivity contribution in [2.75, 3.05) is 31.9 Å². The Bertz CT molecular complexity index is 938. The maximum absolute atomic E-state index is 11.7. The lowest BCUT2D eigenvalue weighted by Gasteiger charge is -2.18. The molecule has 2 aromatic carbocycles. The van der Waals surface area contributed by atoms with Crippen molar-refractivity contribution in [3.05, 3.63) is 42.0 Å². The maximum atomic E-state index is 11.7. The van der Waals surface area contributed by atoms with Gasteiger partial charge in [-0.25, -0.2) is 8.42 Å². The molecule has 0 spiro atoms. The van der Waals surface area contributed by atoms with Gasteiger partial charge in [-0.15, -0.1) is 0 Å². The molecular weight excluding hydrogens is 394 g/mol. The van der Waals surface area contributed by atoms with Crippen LogP contribution >= 0.6 is 0 Å². The van der Waals surface area contributed by atoms with Gasteiger partial charge < -0.3 is 19.5 Å². The number of benzene rings is 2. The number of methoxy groups -OCH3 is 1. The zero-order chi connectivity index (χ0) is 21.4. The summed E-state index contributed by atoms with van der Waals surface area (Å²) in [7, 11) is -1.70. The van der Waals surface area contributed by atoms with Gasteiger partial charge >= 0.3 is 0 Å². The van der Waals surface area contributed by atoms with Crippen LogP contribution in [0.3, 0.4) is 0 Å². The van der Waals surface area contributed by atoms with Gasteiger partial charge in [0, 0.05) is 19.1 Å². The Morgan fingerprint density at radius 3 is 2.24 bits per heavy atom. The fraction of sp³-hybridized carbons (Fsp3) is 0.381. The molecule has 0 atom stereocenters. The highest BCUT2D eigenvalue weighted by molar-refractivity contribution is 7.90. The lowest BCUT2D eigenvalue weighted by atomic mass is 10.2. The normalized spacial score (nSPS) is 11.0. The molecule has 8 heteroatoms. The number of carbonyl (C=O) groups is 1. The molecule has 1 amide bonds. The Labute approximate surface area is 171 Å². The minimum atomic E-state index is -3.21. The van der Waals surface area contributed by atoms with Gasteiger partial charge in [-0.2, -0.15) is 0 Å². The topological polar surface area (TPSA) is 90.9 Å². The van der Waals surface area contributed by atoms with E-state index in [1.54, 1.807) is 43.3 Å². The van der Waals surface area contributed by atoms with E-state index in [4.69, 9.17) is 14.2 Å². The van der Waals surface area contributed by atoms with Crippen molar-refractivity contribution >= 4 is 21.4 Å². The van der Waals surface area contributed by atoms with Crippen molar-refractivity contribution in [2.45, 2.75) is 31.6 Å². The Morgan fingerprint density at radius 2 is 1.69 bits per heavy atom. The fourth-order valence-electron chi connectivity index (χ4n) is 2.66. The lowest BCUT2D eigenvalue weighted by molar-refractivity contribution is -0.115. The third kappa shape index (κ3) is 6.12. The SMILES string of the molecule is CCOc1c(OCCc2ccc(S(C)(=O)=O)cc2)ccc(NC(=O)CC)c1OC. The molecule has 0 radical (unpaired) electrons. The number of rotatable bonds is 10. The van der Waals surface area contributed by atoms with E-state index in [9.17, 15) is 13.2 Å². The molecule has 2 rings (SSSR count). The van der Waals surface area contributed by atoms with Crippen molar-refractivity contribution in [1.29, 1.82) is 0 Å². The highest BCUT2D eigenvalue weighted by Gasteiger charge is 2.18. The van der Waals surface area contributed by atoms with Crippen molar-refractivity contribution < 1.29 is 27.4 Å². The van der Waals surface area contributed by atoms with Crippen LogP contribution in [0, 0.1) is 0 Å². The van der Waals surface area contributed by atoms with Crippen LogP contribution in [0.5, 0.6) is 17.2 Å². The van der Waals surface area contributed by atoms with Crippen LogP contribution in [0.15, 0.2) is 41.3 Å². The number of amides is 1. The van der Waals surface area contributed by atoms with Gasteiger partial charge in [0.05, 0.1) is 30.9 Å². The molecule has 1 N–H and O–H groups in total. The number of sulfone groups is 1. The van der Waals surface area contributed by atoms with Crippen LogP contribution in [0.25, 0.3) is 0 Å². The minimum absolute atomic E-state index is 0.128. The summed E-state index contributed by atoms with van der Waals surface area (Å²) in [5.74, 6) is 1.21. The Morgan fingerprint density at radius 1 is 1.00 bits per heavy atom. The Kier molecular flexibility index (Phi) is 7.90. The van der Waals surface area contributed by atoms with E-state index < -0.39 is 9.84 Å². The summed E-state index contributed by atoms with van der Waals surface area (Å²) < 4.78 is 40.1. The molecule has 0 saturated carbocycles. The monoisotopic (exact) mass is 421 g/mol. The van der Waals surface area contributed by atoms with E-state index >= 15 is 0 Å². The number of hydrogen-bond donors (Lipinski definition) is 1. The quantitative estimate of drug-likeness (QED) is 0.632. The second kappa shape index (κ2) is 10.2. The first-order chi connectivity index (χ1) is 13.8. The molecule has 0 aliphatic heterocycles. The molecule has 0 heterocycles. The molecule has 29 heavy (non-hydrogen) atoms. The first-order valence-corrected chi connectivity index (χ1v) is 11.2. The minimum Gasteiger partial charge on any atom is -0.491 e. The van der Waals surface area contributed by atoms with Crippen molar-refractivity contribution in [1.82, 2.24) is 0 Å². The van der Waals surface area contributed by atoms with Crippen LogP contribution < -0.4 is 19.5 Å². The van der Waals surface area contributed by atoms with Crippen molar-refractivity contribution in [3.63, 3.8) is 0 Å². The van der Waals surface area contributed by atoms with E-state index in [0.29, 0.717) is 49.0 Å². The third-order valence-corrected chi connectivity index (χ3v) is 5.29. The van der Waals surface area contributed by atoms with Gasteiger partial charge in [-0.3, -0.25) is 4.79 Å². The maximum Gasteiger partial charge on any atom is 0.224 e. The Hall–Kier alpha value is -2.74. The fourth-order valence-corrected chi connectivity index (χ4v) is 3.29. The van der Waals surface area contributed by atoms with Gasteiger partial charge in [-0.1, -0.05) is 19.1 Å². The molecule has 0 bridgehead atoms. The zero-order valence-electron chi connectivity index (χ0n) is 17.2. The molecular formula is C21H27NO6S. The molecule has 0 aliphatic rings. The lowest BCUT2D eigenvalue weighted by Crippen LogP contribution is -2.12. The summed E-state index contributed by atoms with van der Waals surface area (Å²) in [6.07, 6.45) is 2.12. The summed E-state index contributed by atoms with van der Waals surface area (Å²) in [6, 6.07) is 10.2. The molecule has 0 saturated heterocycles. The number of nitrogens with one attached hydrogen (secondary N) is 1. The van der Waals surface area contributed by atoms with Crippen LogP contribution in [-0.2, 0) is 21.1 Å². The van der Waals surface area contributed by atoms with Gasteiger partial charge in [-0.05, 0) is 36.8 Å². The van der Waals surface area contributed by atoms with Crippen molar-refractivity contribution in [3.8, 4) is 17.2 Å². The van der Waals surface area contributed by atoms with Gasteiger partial charge in [0.15, 0.2) is 21.3 Å². The van der Waals surface area contributed by atoms with Gasteiger partial charge in [0.1, 0.15) is 0 Å². The predicted molar refractivity (Wildman–Crippen MR) is 112 cm³/mol. The number of hydrogen-bond acceptors (Lipinski definition) is 6. The molecule has 0 aromatic heterocycles. The highest BCUT2D eigenvalue weighted by atomic mass is 32.2. The summed E-state index contributed by atoms with van der Waals surface area (Å²) in [6.45, 7) is 4.39. The highest BCUT2D eigenvalue weighted by Crippen LogP contribution is 2.43. The van der Waals surface area contributed by atoms with Gasteiger partial charge in [0.2, 0.25) is 11.7 Å². The molecule has 0 unspecified atom stereocenters. The summed E-state index contributed by atoms with van der Waals surface area (Å²) >= 11 is 0. The largest absolute Gasteiger partial charge is 0.491 e. The Balaban J connectivity index is 2.14. The standard InChI is InChI=1S/C21H27NO6S/c1-5-19(23)22-17-11-12-18(21(27-6-2)20(17)26-3)28-14-13-15-7-9-16(10-8-15)29(4,24)25/h7-12H,5-6,13-14H2,1-4H3,(H,22,23). The first-order valence-electron chi connectivity index (χ1n) is 9.35. The molecule has 0 aliphatic carbocycles. The predicted octanol–water partition coefficient (Wildman–Crippen LogP) is 3.47. The second-order valence-corrected chi connectivity index (χ2v) is 8.34.